The molecule has 0 aromatic heterocycles. The van der Waals surface area contributed by atoms with E-state index in [4.69, 9.17) is 11.6 Å². The first-order valence-electron chi connectivity index (χ1n) is 8.11. The van der Waals surface area contributed by atoms with Crippen LogP contribution >= 0.6 is 11.6 Å². The Hall–Kier alpha value is -2.26. The molecule has 3 nitrogen and oxygen atoms in total. The lowest BCUT2D eigenvalue weighted by atomic mass is 9.75. The van der Waals surface area contributed by atoms with Gasteiger partial charge in [0, 0.05) is 16.6 Å². The number of carbonyl (C=O) groups is 1. The molecular formula is C20H18ClNO2. The molecule has 4 heteroatoms. The maximum absolute atomic E-state index is 11.7. The lowest BCUT2D eigenvalue weighted by Crippen LogP contribution is -2.30. The fraction of sp³-hybridized carbons (Fsp3) is 0.250. The average molecular weight is 340 g/mol. The number of anilines is 1. The van der Waals surface area contributed by atoms with Gasteiger partial charge in [-0.3, -0.25) is 0 Å². The number of aryl methyl sites for hydroxylation is 1. The molecule has 4 rings (SSSR count). The third-order valence-electron chi connectivity index (χ3n) is 5.16. The van der Waals surface area contributed by atoms with E-state index in [-0.39, 0.29) is 12.0 Å². The molecule has 3 atom stereocenters. The number of aromatic carboxylic acids is 1. The minimum absolute atomic E-state index is 0.0234. The number of nitrogens with one attached hydrogen (secondary N) is 1. The first kappa shape index (κ1) is 15.3. The topological polar surface area (TPSA) is 49.3 Å². The number of fused-ring (bicyclic) bond motifs is 3. The van der Waals surface area contributed by atoms with E-state index in [1.165, 1.54) is 5.56 Å². The van der Waals surface area contributed by atoms with Crippen molar-refractivity contribution in [3.8, 4) is 0 Å². The van der Waals surface area contributed by atoms with Gasteiger partial charge < -0.3 is 10.4 Å². The Labute approximate surface area is 146 Å². The normalized spacial score (nSPS) is 24.2. The molecule has 24 heavy (non-hydrogen) atoms. The first-order chi connectivity index (χ1) is 11.6. The van der Waals surface area contributed by atoms with Crippen LogP contribution in [0.25, 0.3) is 0 Å². The zero-order valence-electron chi connectivity index (χ0n) is 13.3. The summed E-state index contributed by atoms with van der Waals surface area (Å²) in [4.78, 5) is 11.7. The van der Waals surface area contributed by atoms with E-state index in [9.17, 15) is 9.90 Å². The molecule has 2 aromatic rings. The Kier molecular flexibility index (Phi) is 3.61. The quantitative estimate of drug-likeness (QED) is 0.742. The van der Waals surface area contributed by atoms with Crippen LogP contribution in [0.4, 0.5) is 5.69 Å². The highest BCUT2D eigenvalue weighted by Crippen LogP contribution is 2.51. The van der Waals surface area contributed by atoms with Gasteiger partial charge in [-0.1, -0.05) is 42.0 Å². The lowest BCUT2D eigenvalue weighted by molar-refractivity contribution is 0.0694. The second kappa shape index (κ2) is 5.67. The number of allylic oxidation sites excluding steroid dienone is 2. The van der Waals surface area contributed by atoms with Crippen LogP contribution in [0.2, 0.25) is 5.02 Å². The van der Waals surface area contributed by atoms with Gasteiger partial charge >= 0.3 is 5.97 Å². The maximum atomic E-state index is 11.7. The third-order valence-corrected chi connectivity index (χ3v) is 5.38. The second-order valence-corrected chi connectivity index (χ2v) is 6.99. The molecule has 0 bridgehead atoms. The van der Waals surface area contributed by atoms with E-state index < -0.39 is 5.97 Å². The molecule has 0 amide bonds. The first-order valence-corrected chi connectivity index (χ1v) is 8.49. The van der Waals surface area contributed by atoms with Gasteiger partial charge in [-0.25, -0.2) is 4.79 Å². The second-order valence-electron chi connectivity index (χ2n) is 6.55. The largest absolute Gasteiger partial charge is 0.478 e. The van der Waals surface area contributed by atoms with Crippen LogP contribution in [0.1, 0.15) is 45.4 Å². The van der Waals surface area contributed by atoms with Crippen molar-refractivity contribution in [2.75, 3.05) is 5.32 Å². The number of carboxylic acid groups (broad SMARTS) is 1. The number of hydrogen-bond donors (Lipinski definition) is 2. The summed E-state index contributed by atoms with van der Waals surface area (Å²) in [5.41, 5.74) is 4.61. The number of hydrogen-bond acceptors (Lipinski definition) is 2. The highest BCUT2D eigenvalue weighted by molar-refractivity contribution is 6.30. The van der Waals surface area contributed by atoms with Crippen molar-refractivity contribution < 1.29 is 9.90 Å². The minimum atomic E-state index is -0.881. The number of rotatable bonds is 2. The van der Waals surface area contributed by atoms with Gasteiger partial charge in [-0.05, 0) is 54.2 Å². The van der Waals surface area contributed by atoms with Crippen LogP contribution in [-0.4, -0.2) is 11.1 Å². The number of halogens is 1. The highest BCUT2D eigenvalue weighted by Gasteiger charge is 2.39. The molecule has 1 aliphatic heterocycles. The smallest absolute Gasteiger partial charge is 0.336 e. The van der Waals surface area contributed by atoms with Crippen LogP contribution in [0.15, 0.2) is 48.6 Å². The fourth-order valence-corrected chi connectivity index (χ4v) is 4.39. The van der Waals surface area contributed by atoms with E-state index in [1.807, 2.05) is 31.2 Å². The molecule has 0 unspecified atom stereocenters. The molecule has 2 aliphatic rings. The van der Waals surface area contributed by atoms with Crippen molar-refractivity contribution >= 4 is 23.3 Å². The van der Waals surface area contributed by atoms with E-state index in [0.717, 1.165) is 28.3 Å². The summed E-state index contributed by atoms with van der Waals surface area (Å²) in [7, 11) is 0. The molecule has 122 valence electrons. The Morgan fingerprint density at radius 1 is 1.25 bits per heavy atom. The lowest BCUT2D eigenvalue weighted by Gasteiger charge is -2.39. The predicted octanol–water partition coefficient (Wildman–Crippen LogP) is 5.17. The number of carboxylic acids is 1. The molecular weight excluding hydrogens is 322 g/mol. The fourth-order valence-electron chi connectivity index (χ4n) is 4.11. The molecule has 1 heterocycles. The van der Waals surface area contributed by atoms with Gasteiger partial charge in [-0.15, -0.1) is 0 Å². The summed E-state index contributed by atoms with van der Waals surface area (Å²) >= 11 is 6.26. The van der Waals surface area contributed by atoms with E-state index in [1.54, 1.807) is 12.1 Å². The van der Waals surface area contributed by atoms with Crippen LogP contribution < -0.4 is 5.32 Å². The van der Waals surface area contributed by atoms with Crippen molar-refractivity contribution in [2.24, 2.45) is 5.92 Å². The van der Waals surface area contributed by atoms with Crippen molar-refractivity contribution in [3.63, 3.8) is 0 Å². The standard InChI is InChI=1S/C20H18ClNO2/c1-11-9-12(21)10-17-13-7-4-8-14(13)19(22-18(11)17)15-5-2-3-6-16(15)20(23)24/h2-7,9-10,13-14,19,22H,8H2,1H3,(H,23,24)/t13-,14-,19+/m1/s1. The summed E-state index contributed by atoms with van der Waals surface area (Å²) in [6.07, 6.45) is 5.36. The van der Waals surface area contributed by atoms with Crippen molar-refractivity contribution in [3.05, 3.63) is 75.8 Å². The van der Waals surface area contributed by atoms with Gasteiger partial charge in [0.25, 0.3) is 0 Å². The van der Waals surface area contributed by atoms with Crippen LogP contribution in [0.5, 0.6) is 0 Å². The zero-order valence-corrected chi connectivity index (χ0v) is 14.0. The van der Waals surface area contributed by atoms with Crippen LogP contribution in [-0.2, 0) is 0 Å². The summed E-state index contributed by atoms with van der Waals surface area (Å²) in [6, 6.07) is 11.2. The van der Waals surface area contributed by atoms with Crippen molar-refractivity contribution in [1.82, 2.24) is 0 Å². The van der Waals surface area contributed by atoms with Gasteiger partial charge in [0.15, 0.2) is 0 Å². The molecule has 0 fully saturated rings. The summed E-state index contributed by atoms with van der Waals surface area (Å²) in [5, 5.41) is 13.9. The molecule has 0 radical (unpaired) electrons. The molecule has 1 aliphatic carbocycles. The van der Waals surface area contributed by atoms with Gasteiger partial charge in [0.1, 0.15) is 0 Å². The van der Waals surface area contributed by atoms with Crippen molar-refractivity contribution in [2.45, 2.75) is 25.3 Å². The monoisotopic (exact) mass is 339 g/mol. The van der Waals surface area contributed by atoms with E-state index >= 15 is 0 Å². The Morgan fingerprint density at radius 2 is 2.04 bits per heavy atom. The molecule has 0 saturated carbocycles. The Bertz CT molecular complexity index is 859. The van der Waals surface area contributed by atoms with Crippen LogP contribution in [0, 0.1) is 12.8 Å². The molecule has 0 spiro atoms. The molecule has 2 aromatic carbocycles. The van der Waals surface area contributed by atoms with Gasteiger partial charge in [0.05, 0.1) is 11.6 Å². The third kappa shape index (κ3) is 2.31. The summed E-state index contributed by atoms with van der Waals surface area (Å²) in [5.74, 6) is -0.310. The van der Waals surface area contributed by atoms with Gasteiger partial charge in [0.2, 0.25) is 0 Å². The summed E-state index contributed by atoms with van der Waals surface area (Å²) in [6.45, 7) is 2.04. The highest BCUT2D eigenvalue weighted by atomic mass is 35.5. The van der Waals surface area contributed by atoms with Gasteiger partial charge in [-0.2, -0.15) is 0 Å². The SMILES string of the molecule is Cc1cc(Cl)cc2c1N[C@H](c1ccccc1C(=O)O)[C@@H]1CC=C[C@@H]21. The minimum Gasteiger partial charge on any atom is -0.478 e. The number of benzene rings is 2. The van der Waals surface area contributed by atoms with Crippen molar-refractivity contribution in [1.29, 1.82) is 0 Å². The molecule has 2 N–H and O–H groups in total. The maximum Gasteiger partial charge on any atom is 0.336 e. The van der Waals surface area contributed by atoms with E-state index in [2.05, 4.69) is 17.5 Å². The van der Waals surface area contributed by atoms with E-state index in [0.29, 0.717) is 11.5 Å². The van der Waals surface area contributed by atoms with Crippen LogP contribution in [0.3, 0.4) is 0 Å². The summed E-state index contributed by atoms with van der Waals surface area (Å²) < 4.78 is 0. The average Bonchev–Trinajstić information content (AvgIpc) is 3.04. The Balaban J connectivity index is 1.86. The molecule has 0 saturated heterocycles. The predicted molar refractivity (Wildman–Crippen MR) is 95.9 cm³/mol. The zero-order chi connectivity index (χ0) is 16.8. The Morgan fingerprint density at radius 3 is 2.83 bits per heavy atom.